The van der Waals surface area contributed by atoms with Crippen molar-refractivity contribution in [3.63, 3.8) is 0 Å². The van der Waals surface area contributed by atoms with Crippen molar-refractivity contribution in [1.29, 1.82) is 0 Å². The molecule has 1 heterocycles. The van der Waals surface area contributed by atoms with Crippen LogP contribution in [0.4, 0.5) is 8.78 Å². The third-order valence-corrected chi connectivity index (χ3v) is 3.93. The number of H-pyrrole nitrogens is 1. The molecule has 0 aliphatic rings. The van der Waals surface area contributed by atoms with Gasteiger partial charge in [-0.05, 0) is 49.0 Å². The number of halogens is 3. The summed E-state index contributed by atoms with van der Waals surface area (Å²) in [6, 6.07) is 8.16. The second kappa shape index (κ2) is 4.79. The lowest BCUT2D eigenvalue weighted by Gasteiger charge is -2.09. The summed E-state index contributed by atoms with van der Waals surface area (Å²) < 4.78 is 30.3. The molecule has 0 unspecified atom stereocenters. The minimum Gasteiger partial charge on any atom is -0.330 e. The Labute approximate surface area is 127 Å². The molecule has 3 rings (SSSR count). The summed E-state index contributed by atoms with van der Waals surface area (Å²) in [6.45, 7) is 1.89. The Bertz CT molecular complexity index is 883. The van der Waals surface area contributed by atoms with Crippen LogP contribution in [0.25, 0.3) is 16.7 Å². The first kappa shape index (κ1) is 13.5. The van der Waals surface area contributed by atoms with Crippen LogP contribution in [-0.4, -0.2) is 9.55 Å². The van der Waals surface area contributed by atoms with Gasteiger partial charge in [0, 0.05) is 4.47 Å². The number of aryl methyl sites for hydroxylation is 1. The third-order valence-electron chi connectivity index (χ3n) is 3.15. The molecule has 3 aromatic rings. The maximum absolute atomic E-state index is 14.1. The molecular weight excluding hydrogens is 346 g/mol. The summed E-state index contributed by atoms with van der Waals surface area (Å²) in [6.07, 6.45) is 0. The van der Waals surface area contributed by atoms with E-state index in [1.807, 2.05) is 25.1 Å². The first-order valence-corrected chi connectivity index (χ1v) is 7.04. The molecule has 0 saturated heterocycles. The van der Waals surface area contributed by atoms with Crippen molar-refractivity contribution in [2.24, 2.45) is 0 Å². The van der Waals surface area contributed by atoms with Crippen LogP contribution >= 0.6 is 28.1 Å². The fourth-order valence-electron chi connectivity index (χ4n) is 2.19. The van der Waals surface area contributed by atoms with Gasteiger partial charge in [-0.25, -0.2) is 8.78 Å². The molecule has 0 radical (unpaired) electrons. The van der Waals surface area contributed by atoms with E-state index in [1.54, 1.807) is 0 Å². The van der Waals surface area contributed by atoms with Crippen LogP contribution in [0.2, 0.25) is 0 Å². The lowest BCUT2D eigenvalue weighted by atomic mass is 10.2. The largest absolute Gasteiger partial charge is 0.330 e. The zero-order valence-electron chi connectivity index (χ0n) is 10.4. The standard InChI is InChI=1S/C14H9BrF2N2S/c1-7-2-3-8(15)6-11(7)19-13-10(18-14(19)20)5-4-9(16)12(13)17/h2-6H,1H3,(H,18,20). The number of hydrogen-bond donors (Lipinski definition) is 1. The van der Waals surface area contributed by atoms with Crippen LogP contribution < -0.4 is 0 Å². The van der Waals surface area contributed by atoms with E-state index in [2.05, 4.69) is 20.9 Å². The number of aromatic nitrogens is 2. The molecule has 0 atom stereocenters. The van der Waals surface area contributed by atoms with Gasteiger partial charge in [0.25, 0.3) is 0 Å². The van der Waals surface area contributed by atoms with Crippen LogP contribution in [0.15, 0.2) is 34.8 Å². The van der Waals surface area contributed by atoms with E-state index in [0.717, 1.165) is 16.1 Å². The SMILES string of the molecule is Cc1ccc(Br)cc1-n1c(=S)[nH]c2ccc(F)c(F)c21. The zero-order valence-corrected chi connectivity index (χ0v) is 12.8. The normalized spacial score (nSPS) is 11.2. The molecular formula is C14H9BrF2N2S. The van der Waals surface area contributed by atoms with Crippen LogP contribution in [0.5, 0.6) is 0 Å². The van der Waals surface area contributed by atoms with Gasteiger partial charge in [-0.1, -0.05) is 22.0 Å². The lowest BCUT2D eigenvalue weighted by Crippen LogP contribution is -1.99. The van der Waals surface area contributed by atoms with Crippen LogP contribution in [0.3, 0.4) is 0 Å². The quantitative estimate of drug-likeness (QED) is 0.607. The summed E-state index contributed by atoms with van der Waals surface area (Å²) in [4.78, 5) is 2.90. The molecule has 102 valence electrons. The van der Waals surface area contributed by atoms with Gasteiger partial charge in [-0.15, -0.1) is 0 Å². The van der Waals surface area contributed by atoms with E-state index < -0.39 is 11.6 Å². The number of rotatable bonds is 1. The number of fused-ring (bicyclic) bond motifs is 1. The second-order valence-corrected chi connectivity index (χ2v) is 5.76. The molecule has 6 heteroatoms. The second-order valence-electron chi connectivity index (χ2n) is 4.45. The molecule has 20 heavy (non-hydrogen) atoms. The van der Waals surface area contributed by atoms with Gasteiger partial charge in [-0.3, -0.25) is 4.57 Å². The van der Waals surface area contributed by atoms with Crippen LogP contribution in [0, 0.1) is 23.3 Å². The van der Waals surface area contributed by atoms with E-state index in [1.165, 1.54) is 10.6 Å². The summed E-state index contributed by atoms with van der Waals surface area (Å²) in [5.41, 5.74) is 2.21. The van der Waals surface area contributed by atoms with Gasteiger partial charge in [0.15, 0.2) is 16.4 Å². The van der Waals surface area contributed by atoms with Gasteiger partial charge in [0.1, 0.15) is 5.52 Å². The van der Waals surface area contributed by atoms with Crippen LogP contribution in [0.1, 0.15) is 5.56 Å². The molecule has 0 aliphatic heterocycles. The molecule has 1 N–H and O–H groups in total. The van der Waals surface area contributed by atoms with Crippen molar-refractivity contribution >= 4 is 39.2 Å². The molecule has 0 aliphatic carbocycles. The lowest BCUT2D eigenvalue weighted by molar-refractivity contribution is 0.514. The number of imidazole rings is 1. The van der Waals surface area contributed by atoms with Crippen molar-refractivity contribution < 1.29 is 8.78 Å². The topological polar surface area (TPSA) is 20.7 Å². The summed E-state index contributed by atoms with van der Waals surface area (Å²) in [5.74, 6) is -1.80. The average molecular weight is 355 g/mol. The first-order valence-electron chi connectivity index (χ1n) is 5.84. The smallest absolute Gasteiger partial charge is 0.184 e. The Morgan fingerprint density at radius 3 is 2.70 bits per heavy atom. The van der Waals surface area contributed by atoms with Crippen LogP contribution in [-0.2, 0) is 0 Å². The van der Waals surface area contributed by atoms with Gasteiger partial charge in [0.05, 0.1) is 11.2 Å². The molecule has 0 spiro atoms. The first-order chi connectivity index (χ1) is 9.49. The zero-order chi connectivity index (χ0) is 14.4. The Balaban J connectivity index is 2.48. The minimum absolute atomic E-state index is 0.121. The summed E-state index contributed by atoms with van der Waals surface area (Å²) in [5, 5.41) is 0. The molecule has 0 bridgehead atoms. The van der Waals surface area contributed by atoms with Gasteiger partial charge in [-0.2, -0.15) is 0 Å². The highest BCUT2D eigenvalue weighted by molar-refractivity contribution is 9.10. The van der Waals surface area contributed by atoms with Crippen molar-refractivity contribution in [1.82, 2.24) is 9.55 Å². The van der Waals surface area contributed by atoms with Crippen molar-refractivity contribution in [3.8, 4) is 5.69 Å². The van der Waals surface area contributed by atoms with Crippen molar-refractivity contribution in [2.75, 3.05) is 0 Å². The van der Waals surface area contributed by atoms with E-state index in [0.29, 0.717) is 16.0 Å². The fourth-order valence-corrected chi connectivity index (χ4v) is 2.83. The van der Waals surface area contributed by atoms with Gasteiger partial charge in [0.2, 0.25) is 0 Å². The van der Waals surface area contributed by atoms with Crippen molar-refractivity contribution in [3.05, 3.63) is 56.8 Å². The fraction of sp³-hybridized carbons (Fsp3) is 0.0714. The van der Waals surface area contributed by atoms with Gasteiger partial charge >= 0.3 is 0 Å². The summed E-state index contributed by atoms with van der Waals surface area (Å²) >= 11 is 8.62. The number of nitrogens with one attached hydrogen (secondary N) is 1. The maximum atomic E-state index is 14.1. The van der Waals surface area contributed by atoms with E-state index >= 15 is 0 Å². The monoisotopic (exact) mass is 354 g/mol. The minimum atomic E-state index is -0.908. The molecule has 1 aromatic heterocycles. The number of aromatic amines is 1. The Kier molecular flexibility index (Phi) is 3.22. The van der Waals surface area contributed by atoms with E-state index in [4.69, 9.17) is 12.2 Å². The van der Waals surface area contributed by atoms with Gasteiger partial charge < -0.3 is 4.98 Å². The van der Waals surface area contributed by atoms with E-state index in [9.17, 15) is 8.78 Å². The number of hydrogen-bond acceptors (Lipinski definition) is 1. The third kappa shape index (κ3) is 1.99. The van der Waals surface area contributed by atoms with Crippen molar-refractivity contribution in [2.45, 2.75) is 6.92 Å². The maximum Gasteiger partial charge on any atom is 0.184 e. The number of benzene rings is 2. The number of nitrogens with zero attached hydrogens (tertiary/aromatic N) is 1. The molecule has 0 fully saturated rings. The highest BCUT2D eigenvalue weighted by Gasteiger charge is 2.16. The highest BCUT2D eigenvalue weighted by atomic mass is 79.9. The Morgan fingerprint density at radius 1 is 1.20 bits per heavy atom. The van der Waals surface area contributed by atoms with E-state index in [-0.39, 0.29) is 5.52 Å². The predicted octanol–water partition coefficient (Wildman–Crippen LogP) is 5.04. The average Bonchev–Trinajstić information content (AvgIpc) is 2.74. The predicted molar refractivity (Wildman–Crippen MR) is 80.8 cm³/mol. The molecule has 2 nitrogen and oxygen atoms in total. The highest BCUT2D eigenvalue weighted by Crippen LogP contribution is 2.27. The molecule has 0 saturated carbocycles. The Morgan fingerprint density at radius 2 is 1.95 bits per heavy atom. The molecule has 0 amide bonds. The molecule has 2 aromatic carbocycles. The Hall–Kier alpha value is -1.53. The summed E-state index contributed by atoms with van der Waals surface area (Å²) in [7, 11) is 0.